The summed E-state index contributed by atoms with van der Waals surface area (Å²) in [7, 11) is 7.82. The molecule has 0 aromatic carbocycles. The first-order valence-corrected chi connectivity index (χ1v) is 17.7. The third-order valence-corrected chi connectivity index (χ3v) is 3.18. The van der Waals surface area contributed by atoms with Gasteiger partial charge >= 0.3 is 35.3 Å². The van der Waals surface area contributed by atoms with E-state index in [0.29, 0.717) is 12.3 Å². The van der Waals surface area contributed by atoms with Crippen LogP contribution in [-0.4, -0.2) is 28.5 Å². The molecule has 0 bridgehead atoms. The second-order valence-electron chi connectivity index (χ2n) is 5.52. The Bertz CT molecular complexity index is 113. The summed E-state index contributed by atoms with van der Waals surface area (Å²) in [6.07, 6.45) is 1.32. The summed E-state index contributed by atoms with van der Waals surface area (Å²) in [6.45, 7) is 13.2. The van der Waals surface area contributed by atoms with Gasteiger partial charge in [0.15, 0.2) is 0 Å². The predicted molar refractivity (Wildman–Crippen MR) is 76.8 cm³/mol. The molecular weight excluding hydrogens is 446 g/mol. The van der Waals surface area contributed by atoms with Crippen molar-refractivity contribution in [1.82, 2.24) is 0 Å². The molecule has 0 fully saturated rings. The Morgan fingerprint density at radius 1 is 0.800 bits per heavy atom. The van der Waals surface area contributed by atoms with Crippen molar-refractivity contribution in [2.24, 2.45) is 0 Å². The van der Waals surface area contributed by atoms with Crippen molar-refractivity contribution in [2.45, 2.75) is 39.3 Å². The van der Waals surface area contributed by atoms with Crippen molar-refractivity contribution in [1.29, 1.82) is 0 Å². The van der Waals surface area contributed by atoms with Crippen molar-refractivity contribution in [3.8, 4) is 0 Å². The van der Waals surface area contributed by atoms with Crippen molar-refractivity contribution < 1.29 is 16.5 Å². The van der Waals surface area contributed by atoms with Gasteiger partial charge in [-0.25, -0.2) is 0 Å². The van der Waals surface area contributed by atoms with Crippen LogP contribution < -0.4 is 0 Å². The first kappa shape index (κ1) is 21.9. The molecule has 0 amide bonds. The molecule has 2 nitrogen and oxygen atoms in total. The van der Waals surface area contributed by atoms with Gasteiger partial charge in [0.25, 0.3) is 0 Å². The fraction of sp³-hybridized carbons (Fsp3) is 1.00. The van der Waals surface area contributed by atoms with Gasteiger partial charge in [-0.2, -0.15) is 12.3 Å². The Labute approximate surface area is 114 Å². The number of halogens is 2. The number of nitrogens with one attached hydrogen (secondary N) is 2. The summed E-state index contributed by atoms with van der Waals surface area (Å²) < 4.78 is 0. The van der Waals surface area contributed by atoms with E-state index >= 15 is 0 Å². The van der Waals surface area contributed by atoms with Crippen LogP contribution in [0.2, 0.25) is 39.3 Å². The molecule has 0 unspecified atom stereocenters. The Morgan fingerprint density at radius 3 is 0.867 bits per heavy atom. The molecule has 0 heterocycles. The Morgan fingerprint density at radius 2 is 0.867 bits per heavy atom. The van der Waals surface area contributed by atoms with Crippen LogP contribution in [0.15, 0.2) is 0 Å². The van der Waals surface area contributed by atoms with Crippen molar-refractivity contribution in [3.05, 3.63) is 11.5 Å². The third kappa shape index (κ3) is 49.9. The molecule has 98 valence electrons. The zero-order chi connectivity index (χ0) is 13.1. The van der Waals surface area contributed by atoms with Gasteiger partial charge in [-0.3, -0.25) is 0 Å². The molecule has 0 aliphatic heterocycles. The van der Waals surface area contributed by atoms with Gasteiger partial charge in [0.05, 0.1) is 0 Å². The molecule has 0 aliphatic carbocycles. The number of rotatable bonds is 2. The summed E-state index contributed by atoms with van der Waals surface area (Å²) in [5.74, 6) is 0. The molecule has 0 atom stereocenters. The Hall–Kier alpha value is 1.62. The summed E-state index contributed by atoms with van der Waals surface area (Å²) >= 11 is -0.472. The van der Waals surface area contributed by atoms with E-state index in [1.165, 1.54) is 0 Å². The summed E-state index contributed by atoms with van der Waals surface area (Å²) in [4.78, 5) is 0. The van der Waals surface area contributed by atoms with Crippen molar-refractivity contribution >= 4 is 35.0 Å². The summed E-state index contributed by atoms with van der Waals surface area (Å²) in [5.41, 5.74) is 13.8. The van der Waals surface area contributed by atoms with Crippen LogP contribution in [0.5, 0.6) is 0 Å². The molecule has 0 saturated carbocycles. The number of hydrogen-bond donors (Lipinski definition) is 0. The second kappa shape index (κ2) is 12.1. The second-order valence-corrected chi connectivity index (χ2v) is 19.8. The predicted octanol–water partition coefficient (Wildman–Crippen LogP) is 5.21. The van der Waals surface area contributed by atoms with Crippen LogP contribution >= 0.6 is 18.8 Å². The van der Waals surface area contributed by atoms with Crippen LogP contribution in [0.3, 0.4) is 0 Å². The van der Waals surface area contributed by atoms with E-state index in [0.717, 1.165) is 0 Å². The van der Waals surface area contributed by atoms with E-state index in [-0.39, 0.29) is 0 Å². The van der Waals surface area contributed by atoms with Gasteiger partial charge in [0, 0.05) is 16.1 Å². The SMILES string of the molecule is C[Si](C)(C)C[NH-].C[Si](C)(C)C[NH-].[Cl][Pt+2][Cl]. The summed E-state index contributed by atoms with van der Waals surface area (Å²) in [6, 6.07) is 0. The van der Waals surface area contributed by atoms with Crippen LogP contribution in [0.1, 0.15) is 0 Å². The maximum atomic E-state index is 6.92. The van der Waals surface area contributed by atoms with E-state index in [1.54, 1.807) is 0 Å². The van der Waals surface area contributed by atoms with Gasteiger partial charge < -0.3 is 11.5 Å². The molecule has 0 radical (unpaired) electrons. The molecule has 0 aromatic heterocycles. The summed E-state index contributed by atoms with van der Waals surface area (Å²) in [5, 5.41) is 0. The van der Waals surface area contributed by atoms with Crippen LogP contribution in [0.25, 0.3) is 11.5 Å². The first-order chi connectivity index (χ1) is 6.54. The van der Waals surface area contributed by atoms with Crippen molar-refractivity contribution in [2.75, 3.05) is 12.3 Å². The quantitative estimate of drug-likeness (QED) is 0.498. The van der Waals surface area contributed by atoms with Gasteiger partial charge in [0.2, 0.25) is 0 Å². The van der Waals surface area contributed by atoms with E-state index in [9.17, 15) is 0 Å². The zero-order valence-corrected chi connectivity index (χ0v) is 16.3. The molecular formula is C8H24Cl2N2PtSi2. The monoisotopic (exact) mass is 469 g/mol. The molecule has 2 N–H and O–H groups in total. The normalized spacial score (nSPS) is 11.1. The van der Waals surface area contributed by atoms with Gasteiger partial charge in [0.1, 0.15) is 0 Å². The zero-order valence-electron chi connectivity index (χ0n) is 10.5. The van der Waals surface area contributed by atoms with Gasteiger partial charge in [-0.1, -0.05) is 39.3 Å². The van der Waals surface area contributed by atoms with Gasteiger partial charge in [-0.05, 0) is 0 Å². The standard InChI is InChI=1S/2C4H12NSi.2ClH.Pt/c2*1-6(2,3)4-5;;;/h2*5H,4H2,1-3H3;2*1H;/q2*-1;;;+4/p-2. The molecule has 0 aromatic rings. The molecule has 0 rings (SSSR count). The Kier molecular flexibility index (Phi) is 17.6. The van der Waals surface area contributed by atoms with E-state index in [2.05, 4.69) is 39.3 Å². The average Bonchev–Trinajstić information content (AvgIpc) is 2.04. The fourth-order valence-corrected chi connectivity index (χ4v) is 0. The first-order valence-electron chi connectivity index (χ1n) is 4.65. The number of hydrogen-bond acceptors (Lipinski definition) is 0. The van der Waals surface area contributed by atoms with E-state index in [4.69, 9.17) is 30.3 Å². The van der Waals surface area contributed by atoms with Gasteiger partial charge in [-0.15, -0.1) is 0 Å². The van der Waals surface area contributed by atoms with E-state index in [1.807, 2.05) is 0 Å². The maximum absolute atomic E-state index is 6.92. The topological polar surface area (TPSA) is 47.6 Å². The van der Waals surface area contributed by atoms with Crippen molar-refractivity contribution in [3.63, 3.8) is 0 Å². The minimum absolute atomic E-state index is 0.472. The van der Waals surface area contributed by atoms with E-state index < -0.39 is 32.6 Å². The van der Waals surface area contributed by atoms with Crippen LogP contribution in [0.4, 0.5) is 0 Å². The minimum atomic E-state index is -0.965. The molecule has 0 aliphatic rings. The third-order valence-electron chi connectivity index (χ3n) is 1.06. The Balaban J connectivity index is -0.000000153. The van der Waals surface area contributed by atoms with Crippen LogP contribution in [-0.2, 0) is 16.5 Å². The molecule has 0 saturated heterocycles. The fourth-order valence-electron chi connectivity index (χ4n) is 0. The molecule has 15 heavy (non-hydrogen) atoms. The molecule has 7 heteroatoms. The van der Waals surface area contributed by atoms with Crippen LogP contribution in [0, 0.1) is 0 Å². The molecule has 0 spiro atoms. The average molecular weight is 470 g/mol.